The van der Waals surface area contributed by atoms with Gasteiger partial charge in [0.2, 0.25) is 0 Å². The van der Waals surface area contributed by atoms with Gasteiger partial charge in [-0.2, -0.15) is 0 Å². The van der Waals surface area contributed by atoms with E-state index in [-0.39, 0.29) is 17.7 Å². The minimum atomic E-state index is -1.03. The molecule has 10 nitrogen and oxygen atoms in total. The number of carboxylic acid groups (broad SMARTS) is 1. The van der Waals surface area contributed by atoms with Crippen molar-refractivity contribution in [1.82, 2.24) is 10.6 Å². The van der Waals surface area contributed by atoms with Crippen molar-refractivity contribution in [2.24, 2.45) is 11.8 Å². The largest absolute Gasteiger partial charge is 0.496 e. The van der Waals surface area contributed by atoms with Crippen molar-refractivity contribution in [2.75, 3.05) is 14.2 Å². The second-order valence-electron chi connectivity index (χ2n) is 10.9. The molecule has 2 aromatic rings. The number of carboxylic acids is 1. The maximum absolute atomic E-state index is 12.5. The van der Waals surface area contributed by atoms with Gasteiger partial charge in [0, 0.05) is 0 Å². The molecule has 0 saturated heterocycles. The number of hydrogen-bond donors (Lipinski definition) is 3. The lowest BCUT2D eigenvalue weighted by molar-refractivity contribution is -0.158. The van der Waals surface area contributed by atoms with Crippen LogP contribution in [0.3, 0.4) is 0 Å². The fourth-order valence-electron chi connectivity index (χ4n) is 3.82. The summed E-state index contributed by atoms with van der Waals surface area (Å²) in [6, 6.07) is 12.0. The van der Waals surface area contributed by atoms with Crippen LogP contribution < -0.4 is 20.1 Å². The molecule has 232 valence electrons. The lowest BCUT2D eigenvalue weighted by Crippen LogP contribution is -2.47. The monoisotopic (exact) mass is 586 g/mol. The van der Waals surface area contributed by atoms with Gasteiger partial charge in [0.05, 0.1) is 25.3 Å². The maximum Gasteiger partial charge on any atom is 0.329 e. The average molecular weight is 587 g/mol. The van der Waals surface area contributed by atoms with Gasteiger partial charge in [-0.05, 0) is 56.9 Å². The first-order valence-corrected chi connectivity index (χ1v) is 14.0. The van der Waals surface area contributed by atoms with Gasteiger partial charge >= 0.3 is 11.9 Å². The molecule has 0 heterocycles. The van der Waals surface area contributed by atoms with Crippen molar-refractivity contribution in [2.45, 2.75) is 79.0 Å². The SMILES string of the molecule is CCC(C)[C@H](NC(=O)c1ccccc1OC)C(=O)O.CCC(C)[C@H](NC(=O)c1ccccc1OC)C(=O)OC(C)(C)C. The predicted molar refractivity (Wildman–Crippen MR) is 161 cm³/mol. The van der Waals surface area contributed by atoms with Crippen molar-refractivity contribution in [3.63, 3.8) is 0 Å². The number of aliphatic carboxylic acids is 1. The molecule has 0 aliphatic carbocycles. The number of para-hydroxylation sites is 2. The van der Waals surface area contributed by atoms with E-state index in [1.54, 1.807) is 76.2 Å². The number of benzene rings is 2. The Morgan fingerprint density at radius 3 is 1.48 bits per heavy atom. The number of ether oxygens (including phenoxy) is 3. The van der Waals surface area contributed by atoms with Crippen LogP contribution in [0.15, 0.2) is 48.5 Å². The van der Waals surface area contributed by atoms with Crippen LogP contribution in [0.25, 0.3) is 0 Å². The molecule has 0 aliphatic rings. The topological polar surface area (TPSA) is 140 Å². The molecule has 0 bridgehead atoms. The van der Waals surface area contributed by atoms with Crippen LogP contribution in [-0.2, 0) is 14.3 Å². The molecule has 0 saturated carbocycles. The Morgan fingerprint density at radius 2 is 1.12 bits per heavy atom. The van der Waals surface area contributed by atoms with E-state index in [4.69, 9.17) is 19.3 Å². The standard InChI is InChI=1S/C18H27NO4.C14H19NO4/c1-7-12(2)15(17(21)23-18(3,4)5)19-16(20)13-10-8-9-11-14(13)22-6;1-4-9(2)12(14(17)18)15-13(16)10-7-5-6-8-11(10)19-3/h8-12,15H,7H2,1-6H3,(H,19,20);5-9,12H,4H2,1-3H3,(H,15,16)(H,17,18)/t12?,15-;9?,12-/m00/s1. The fraction of sp³-hybridized carbons (Fsp3) is 0.500. The first-order valence-electron chi connectivity index (χ1n) is 14.0. The minimum Gasteiger partial charge on any atom is -0.496 e. The third-order valence-corrected chi connectivity index (χ3v) is 6.63. The third-order valence-electron chi connectivity index (χ3n) is 6.63. The van der Waals surface area contributed by atoms with Crippen LogP contribution >= 0.6 is 0 Å². The quantitative estimate of drug-likeness (QED) is 0.292. The predicted octanol–water partition coefficient (Wildman–Crippen LogP) is 5.11. The Hall–Kier alpha value is -4.08. The zero-order valence-electron chi connectivity index (χ0n) is 26.1. The van der Waals surface area contributed by atoms with E-state index in [1.165, 1.54) is 14.2 Å². The Balaban J connectivity index is 0.000000428. The van der Waals surface area contributed by atoms with Gasteiger partial charge in [0.15, 0.2) is 0 Å². The molecule has 2 aromatic carbocycles. The molecule has 0 radical (unpaired) electrons. The van der Waals surface area contributed by atoms with Gasteiger partial charge in [0.25, 0.3) is 11.8 Å². The van der Waals surface area contributed by atoms with Crippen LogP contribution in [0.4, 0.5) is 0 Å². The lowest BCUT2D eigenvalue weighted by Gasteiger charge is -2.27. The van der Waals surface area contributed by atoms with Gasteiger partial charge < -0.3 is 30.0 Å². The average Bonchev–Trinajstić information content (AvgIpc) is 2.96. The number of rotatable bonds is 12. The first-order chi connectivity index (χ1) is 19.7. The van der Waals surface area contributed by atoms with Crippen LogP contribution in [-0.4, -0.2) is 60.8 Å². The molecule has 0 fully saturated rings. The molecule has 0 aromatic heterocycles. The molecule has 2 amide bonds. The molecule has 42 heavy (non-hydrogen) atoms. The van der Waals surface area contributed by atoms with Gasteiger partial charge in [-0.25, -0.2) is 9.59 Å². The smallest absolute Gasteiger partial charge is 0.329 e. The van der Waals surface area contributed by atoms with E-state index >= 15 is 0 Å². The van der Waals surface area contributed by atoms with Crippen LogP contribution in [0, 0.1) is 11.8 Å². The van der Waals surface area contributed by atoms with Gasteiger partial charge in [-0.15, -0.1) is 0 Å². The maximum atomic E-state index is 12.5. The summed E-state index contributed by atoms with van der Waals surface area (Å²) in [7, 11) is 2.97. The Labute approximate surface area is 249 Å². The van der Waals surface area contributed by atoms with Crippen molar-refractivity contribution in [3.8, 4) is 11.5 Å². The first kappa shape index (κ1) is 35.9. The van der Waals surface area contributed by atoms with Crippen molar-refractivity contribution >= 4 is 23.8 Å². The summed E-state index contributed by atoms with van der Waals surface area (Å²) < 4.78 is 15.7. The van der Waals surface area contributed by atoms with Crippen LogP contribution in [0.2, 0.25) is 0 Å². The van der Waals surface area contributed by atoms with E-state index in [9.17, 15) is 19.2 Å². The van der Waals surface area contributed by atoms with Gasteiger partial charge in [-0.3, -0.25) is 9.59 Å². The Kier molecular flexibility index (Phi) is 14.6. The number of nitrogens with one attached hydrogen (secondary N) is 2. The molecule has 0 spiro atoms. The normalized spacial score (nSPS) is 13.6. The highest BCUT2D eigenvalue weighted by Gasteiger charge is 2.31. The zero-order valence-corrected chi connectivity index (χ0v) is 26.1. The van der Waals surface area contributed by atoms with E-state index in [2.05, 4.69) is 10.6 Å². The minimum absolute atomic E-state index is 0.0384. The molecule has 2 unspecified atom stereocenters. The lowest BCUT2D eigenvalue weighted by atomic mass is 9.98. The summed E-state index contributed by atoms with van der Waals surface area (Å²) in [6.45, 7) is 13.0. The van der Waals surface area contributed by atoms with Crippen LogP contribution in [0.1, 0.15) is 82.0 Å². The summed E-state index contributed by atoms with van der Waals surface area (Å²) >= 11 is 0. The van der Waals surface area contributed by atoms with Crippen molar-refractivity contribution in [3.05, 3.63) is 59.7 Å². The summed E-state index contributed by atoms with van der Waals surface area (Å²) in [4.78, 5) is 48.2. The molecule has 0 aliphatic heterocycles. The summed E-state index contributed by atoms with van der Waals surface area (Å²) in [5.74, 6) is -1.53. The summed E-state index contributed by atoms with van der Waals surface area (Å²) in [6.07, 6.45) is 1.42. The zero-order chi connectivity index (χ0) is 32.0. The second-order valence-corrected chi connectivity index (χ2v) is 10.9. The molecule has 4 atom stereocenters. The summed E-state index contributed by atoms with van der Waals surface area (Å²) in [5, 5.41) is 14.5. The third kappa shape index (κ3) is 11.1. The highest BCUT2D eigenvalue weighted by Crippen LogP contribution is 2.20. The molecular weight excluding hydrogens is 540 g/mol. The molecule has 3 N–H and O–H groups in total. The van der Waals surface area contributed by atoms with E-state index in [1.807, 2.05) is 20.8 Å². The van der Waals surface area contributed by atoms with Crippen molar-refractivity contribution in [1.29, 1.82) is 0 Å². The van der Waals surface area contributed by atoms with E-state index in [0.717, 1.165) is 6.42 Å². The number of carbonyl (C=O) groups is 4. The van der Waals surface area contributed by atoms with Crippen LogP contribution in [0.5, 0.6) is 11.5 Å². The van der Waals surface area contributed by atoms with E-state index < -0.39 is 35.5 Å². The molecule has 2 rings (SSSR count). The fourth-order valence-corrected chi connectivity index (χ4v) is 3.82. The van der Waals surface area contributed by atoms with Crippen molar-refractivity contribution < 1.29 is 38.5 Å². The molecular formula is C32H46N2O8. The number of methoxy groups -OCH3 is 2. The summed E-state index contributed by atoms with van der Waals surface area (Å²) in [5.41, 5.74) is 0.129. The number of carbonyl (C=O) groups excluding carboxylic acids is 3. The molecule has 10 heteroatoms. The van der Waals surface area contributed by atoms with Gasteiger partial charge in [0.1, 0.15) is 29.2 Å². The second kappa shape index (κ2) is 17.0. The number of hydrogen-bond acceptors (Lipinski definition) is 7. The highest BCUT2D eigenvalue weighted by atomic mass is 16.6. The number of amides is 2. The van der Waals surface area contributed by atoms with Gasteiger partial charge in [-0.1, -0.05) is 64.8 Å². The Bertz CT molecular complexity index is 1190. The Morgan fingerprint density at radius 1 is 0.738 bits per heavy atom. The number of esters is 1. The van der Waals surface area contributed by atoms with E-state index in [0.29, 0.717) is 29.0 Å². The highest BCUT2D eigenvalue weighted by molar-refractivity contribution is 5.99.